The van der Waals surface area contributed by atoms with Crippen LogP contribution >= 0.6 is 23.2 Å². The minimum absolute atomic E-state index is 0. The van der Waals surface area contributed by atoms with E-state index in [0.29, 0.717) is 15.6 Å². The maximum absolute atomic E-state index is 12.8. The molecule has 0 bridgehead atoms. The van der Waals surface area contributed by atoms with E-state index in [1.54, 1.807) is 18.2 Å². The fourth-order valence-corrected chi connectivity index (χ4v) is 3.70. The van der Waals surface area contributed by atoms with Gasteiger partial charge < -0.3 is 22.2 Å². The normalized spacial score (nSPS) is 15.2. The first-order valence-corrected chi connectivity index (χ1v) is 8.57. The minimum Gasteiger partial charge on any atom is -1.00 e. The van der Waals surface area contributed by atoms with Crippen LogP contribution in [0.2, 0.25) is 10.0 Å². The Kier molecular flexibility index (Phi) is 5.23. The van der Waals surface area contributed by atoms with Crippen molar-refractivity contribution in [3.8, 4) is 0 Å². The number of ketones is 1. The highest BCUT2D eigenvalue weighted by Crippen LogP contribution is 2.38. The highest BCUT2D eigenvalue weighted by molar-refractivity contribution is 6.37. The number of benzene rings is 2. The summed E-state index contributed by atoms with van der Waals surface area (Å²) < 4.78 is 0. The Morgan fingerprint density at radius 3 is 2.64 bits per heavy atom. The van der Waals surface area contributed by atoms with Gasteiger partial charge in [-0.15, -0.1) is 0 Å². The molecule has 4 nitrogen and oxygen atoms in total. The number of hydrogen-bond acceptors (Lipinski definition) is 4. The maximum atomic E-state index is 12.8. The van der Waals surface area contributed by atoms with Crippen LogP contribution in [-0.2, 0) is 0 Å². The van der Waals surface area contributed by atoms with Crippen molar-refractivity contribution in [1.29, 1.82) is 0 Å². The third kappa shape index (κ3) is 3.22. The molecular formula is C18H15Cl3N3O-. The Morgan fingerprint density at radius 2 is 1.88 bits per heavy atom. The molecule has 0 N–H and O–H groups in total. The second kappa shape index (κ2) is 7.24. The first-order chi connectivity index (χ1) is 11.6. The van der Waals surface area contributed by atoms with Crippen LogP contribution in [0.3, 0.4) is 0 Å². The monoisotopic (exact) mass is 394 g/mol. The number of Topliss-reactive ketones (excluding diaryl/α,β-unsaturated/α-hetero) is 1. The summed E-state index contributed by atoms with van der Waals surface area (Å²) in [7, 11) is 0. The number of halogens is 3. The molecule has 2 aromatic carbocycles. The summed E-state index contributed by atoms with van der Waals surface area (Å²) in [4.78, 5) is 21.6. The lowest BCUT2D eigenvalue weighted by Gasteiger charge is -2.26. The molecular weight excluding hydrogens is 381 g/mol. The molecule has 0 fully saturated rings. The van der Waals surface area contributed by atoms with Crippen LogP contribution in [-0.4, -0.2) is 31.4 Å². The van der Waals surface area contributed by atoms with Gasteiger partial charge in [0.1, 0.15) is 0 Å². The Balaban J connectivity index is 0.00000182. The van der Waals surface area contributed by atoms with Gasteiger partial charge in [0.15, 0.2) is 5.78 Å². The van der Waals surface area contributed by atoms with Crippen molar-refractivity contribution in [2.45, 2.75) is 6.42 Å². The zero-order valence-electron chi connectivity index (χ0n) is 13.3. The van der Waals surface area contributed by atoms with Gasteiger partial charge in [-0.05, 0) is 36.8 Å². The summed E-state index contributed by atoms with van der Waals surface area (Å²) in [6.45, 7) is 1.90. The lowest BCUT2D eigenvalue weighted by Crippen LogP contribution is -3.00. The molecule has 0 amide bonds. The molecule has 2 aliphatic heterocycles. The van der Waals surface area contributed by atoms with Crippen molar-refractivity contribution in [1.82, 2.24) is 0 Å². The van der Waals surface area contributed by atoms with Gasteiger partial charge in [-0.3, -0.25) is 9.79 Å². The Morgan fingerprint density at radius 1 is 1.12 bits per heavy atom. The van der Waals surface area contributed by atoms with Crippen molar-refractivity contribution in [3.05, 3.63) is 58.1 Å². The van der Waals surface area contributed by atoms with Crippen LogP contribution in [0.4, 0.5) is 11.4 Å². The molecule has 0 saturated heterocycles. The molecule has 0 atom stereocenters. The van der Waals surface area contributed by atoms with E-state index in [0.717, 1.165) is 36.8 Å². The fraction of sp³-hybridized carbons (Fsp3) is 0.222. The van der Waals surface area contributed by atoms with E-state index in [9.17, 15) is 4.79 Å². The summed E-state index contributed by atoms with van der Waals surface area (Å²) in [6.07, 6.45) is 1.02. The molecule has 0 unspecified atom stereocenters. The second-order valence-corrected chi connectivity index (χ2v) is 6.65. The maximum Gasteiger partial charge on any atom is 0.206 e. The van der Waals surface area contributed by atoms with Crippen LogP contribution in [0.15, 0.2) is 47.5 Å². The minimum atomic E-state index is -0.0541. The Labute approximate surface area is 162 Å². The molecule has 0 saturated carbocycles. The summed E-state index contributed by atoms with van der Waals surface area (Å²) in [5.74, 6) is 0.794. The SMILES string of the molecule is O=C(CN1C2=NCCCN2c2ccccc21)c1ccc(Cl)cc1Cl.[Cl-]. The number of guanidine groups is 1. The largest absolute Gasteiger partial charge is 1.00 e. The zero-order chi connectivity index (χ0) is 16.7. The number of nitrogens with zero attached hydrogens (tertiary/aromatic N) is 3. The predicted molar refractivity (Wildman–Crippen MR) is 98.8 cm³/mol. The van der Waals surface area contributed by atoms with Gasteiger partial charge in [0.25, 0.3) is 0 Å². The Hall–Kier alpha value is -1.75. The molecule has 0 spiro atoms. The van der Waals surface area contributed by atoms with Gasteiger partial charge in [-0.1, -0.05) is 35.3 Å². The van der Waals surface area contributed by atoms with E-state index >= 15 is 0 Å². The van der Waals surface area contributed by atoms with Gasteiger partial charge in [0.05, 0.1) is 22.9 Å². The number of carbonyl (C=O) groups excluding carboxylic acids is 1. The van der Waals surface area contributed by atoms with Gasteiger partial charge in [-0.2, -0.15) is 0 Å². The standard InChI is InChI=1S/C18H15Cl2N3O.ClH/c19-12-6-7-13(14(20)10-12)17(24)11-23-16-5-2-1-4-15(16)22-9-3-8-21-18(22)23;/h1-2,4-7,10H,3,8-9,11H2;1H/p-1. The van der Waals surface area contributed by atoms with E-state index in [1.165, 1.54) is 0 Å². The van der Waals surface area contributed by atoms with Crippen molar-refractivity contribution < 1.29 is 17.2 Å². The summed E-state index contributed by atoms with van der Waals surface area (Å²) in [5, 5.41) is 0.897. The average Bonchev–Trinajstić information content (AvgIpc) is 2.89. The van der Waals surface area contributed by atoms with E-state index < -0.39 is 0 Å². The summed E-state index contributed by atoms with van der Waals surface area (Å²) in [5.41, 5.74) is 2.59. The molecule has 2 aliphatic rings. The molecule has 2 heterocycles. The van der Waals surface area contributed by atoms with Crippen molar-refractivity contribution >= 4 is 46.3 Å². The van der Waals surface area contributed by atoms with Crippen LogP contribution in [0.25, 0.3) is 0 Å². The van der Waals surface area contributed by atoms with Crippen molar-refractivity contribution in [3.63, 3.8) is 0 Å². The topological polar surface area (TPSA) is 35.9 Å². The first-order valence-electron chi connectivity index (χ1n) is 7.82. The van der Waals surface area contributed by atoms with Crippen LogP contribution < -0.4 is 22.2 Å². The van der Waals surface area contributed by atoms with Crippen LogP contribution in [0, 0.1) is 0 Å². The Bertz CT molecular complexity index is 853. The van der Waals surface area contributed by atoms with Crippen molar-refractivity contribution in [2.75, 3.05) is 29.4 Å². The molecule has 2 aromatic rings. The third-order valence-electron chi connectivity index (χ3n) is 4.27. The molecule has 25 heavy (non-hydrogen) atoms. The number of para-hydroxylation sites is 2. The molecule has 7 heteroatoms. The van der Waals surface area contributed by atoms with E-state index in [4.69, 9.17) is 23.2 Å². The smallest absolute Gasteiger partial charge is 0.206 e. The highest BCUT2D eigenvalue weighted by Gasteiger charge is 2.35. The number of rotatable bonds is 3. The van der Waals surface area contributed by atoms with Gasteiger partial charge in [-0.25, -0.2) is 0 Å². The number of carbonyl (C=O) groups is 1. The van der Waals surface area contributed by atoms with Gasteiger partial charge in [0.2, 0.25) is 5.96 Å². The summed E-state index contributed by atoms with van der Waals surface area (Å²) >= 11 is 12.1. The molecule has 4 rings (SSSR count). The highest BCUT2D eigenvalue weighted by atomic mass is 35.5. The van der Waals surface area contributed by atoms with Crippen molar-refractivity contribution in [2.24, 2.45) is 4.99 Å². The lowest BCUT2D eigenvalue weighted by molar-refractivity contribution is -0.0000123. The van der Waals surface area contributed by atoms with Crippen LogP contribution in [0.5, 0.6) is 0 Å². The van der Waals surface area contributed by atoms with Crippen LogP contribution in [0.1, 0.15) is 16.8 Å². The van der Waals surface area contributed by atoms with Gasteiger partial charge in [0, 0.05) is 23.7 Å². The molecule has 0 aromatic heterocycles. The zero-order valence-corrected chi connectivity index (χ0v) is 15.5. The quantitative estimate of drug-likeness (QED) is 0.734. The summed E-state index contributed by atoms with van der Waals surface area (Å²) in [6, 6.07) is 13.0. The molecule has 0 aliphatic carbocycles. The molecule has 130 valence electrons. The van der Waals surface area contributed by atoms with E-state index in [-0.39, 0.29) is 24.7 Å². The lowest BCUT2D eigenvalue weighted by atomic mass is 10.1. The predicted octanol–water partition coefficient (Wildman–Crippen LogP) is 1.27. The van der Waals surface area contributed by atoms with Gasteiger partial charge >= 0.3 is 0 Å². The first kappa shape index (κ1) is 18.1. The number of anilines is 2. The van der Waals surface area contributed by atoms with E-state index in [1.807, 2.05) is 23.1 Å². The number of hydrogen-bond donors (Lipinski definition) is 0. The third-order valence-corrected chi connectivity index (χ3v) is 4.82. The number of aliphatic imine (C=N–C) groups is 1. The molecule has 0 radical (unpaired) electrons. The fourth-order valence-electron chi connectivity index (χ4n) is 3.18. The van der Waals surface area contributed by atoms with E-state index in [2.05, 4.69) is 16.0 Å². The average molecular weight is 396 g/mol. The number of fused-ring (bicyclic) bond motifs is 3. The second-order valence-electron chi connectivity index (χ2n) is 5.81.